The molecule has 0 amide bonds. The minimum absolute atomic E-state index is 1.00. The van der Waals surface area contributed by atoms with Gasteiger partial charge in [0.05, 0.1) is 0 Å². The van der Waals surface area contributed by atoms with Crippen LogP contribution < -0.4 is 0 Å². The van der Waals surface area contributed by atoms with Crippen LogP contribution in [0.3, 0.4) is 0 Å². The molecule has 0 aliphatic carbocycles. The van der Waals surface area contributed by atoms with Crippen molar-refractivity contribution >= 4 is 0 Å². The predicted molar refractivity (Wildman–Crippen MR) is 74.1 cm³/mol. The molecule has 0 aromatic carbocycles. The summed E-state index contributed by atoms with van der Waals surface area (Å²) in [4.78, 5) is 0. The van der Waals surface area contributed by atoms with Gasteiger partial charge in [-0.05, 0) is 59.3 Å². The maximum atomic E-state index is 5.62. The van der Waals surface area contributed by atoms with Crippen LogP contribution in [0.15, 0.2) is 28.9 Å². The molecule has 16 heavy (non-hydrogen) atoms. The zero-order valence-corrected chi connectivity index (χ0v) is 11.2. The van der Waals surface area contributed by atoms with Gasteiger partial charge in [0, 0.05) is 0 Å². The van der Waals surface area contributed by atoms with Crippen molar-refractivity contribution in [1.29, 1.82) is 0 Å². The molecule has 2 radical (unpaired) electrons. The fourth-order valence-corrected chi connectivity index (χ4v) is 1.58. The Morgan fingerprint density at radius 1 is 0.938 bits per heavy atom. The minimum Gasteiger partial charge on any atom is -0.0853 e. The Hall–Kier alpha value is -0.780. The molecule has 0 spiro atoms. The molecule has 0 saturated heterocycles. The maximum absolute atomic E-state index is 5.62. The Morgan fingerprint density at radius 2 is 1.44 bits per heavy atom. The summed E-state index contributed by atoms with van der Waals surface area (Å²) in [7, 11) is 0. The Bertz CT molecular complexity index is 253. The van der Waals surface area contributed by atoms with E-state index in [1.807, 2.05) is 6.92 Å². The smallest absolute Gasteiger partial charge is 0.0285 e. The molecule has 0 nitrogen and oxygen atoms in total. The molecule has 0 saturated carbocycles. The summed E-state index contributed by atoms with van der Waals surface area (Å²) in [5.74, 6) is 0. The van der Waals surface area contributed by atoms with Crippen LogP contribution in [0, 0.1) is 13.5 Å². The van der Waals surface area contributed by atoms with Crippen LogP contribution in [0.5, 0.6) is 0 Å². The predicted octanol–water partition coefficient (Wildman–Crippen LogP) is 5.43. The van der Waals surface area contributed by atoms with E-state index >= 15 is 0 Å². The topological polar surface area (TPSA) is 0 Å². The van der Waals surface area contributed by atoms with E-state index < -0.39 is 0 Å². The van der Waals surface area contributed by atoms with Crippen LogP contribution in [0.1, 0.15) is 59.3 Å². The molecule has 0 aliphatic heterocycles. The van der Waals surface area contributed by atoms with Gasteiger partial charge in [0.15, 0.2) is 0 Å². The number of hydrogen-bond donors (Lipinski definition) is 0. The zero-order valence-electron chi connectivity index (χ0n) is 11.2. The molecule has 0 atom stereocenters. The van der Waals surface area contributed by atoms with E-state index in [2.05, 4.69) is 32.9 Å². The van der Waals surface area contributed by atoms with Gasteiger partial charge in [-0.15, -0.1) is 0 Å². The van der Waals surface area contributed by atoms with E-state index in [4.69, 9.17) is 6.58 Å². The van der Waals surface area contributed by atoms with E-state index in [0.29, 0.717) is 0 Å². The lowest BCUT2D eigenvalue weighted by Crippen LogP contribution is -1.81. The van der Waals surface area contributed by atoms with Gasteiger partial charge in [-0.3, -0.25) is 0 Å². The lowest BCUT2D eigenvalue weighted by molar-refractivity contribution is 0.902. The summed E-state index contributed by atoms with van der Waals surface area (Å²) < 4.78 is 0. The second-order valence-electron chi connectivity index (χ2n) is 4.63. The van der Waals surface area contributed by atoms with E-state index in [9.17, 15) is 0 Å². The summed E-state index contributed by atoms with van der Waals surface area (Å²) >= 11 is 0. The highest BCUT2D eigenvalue weighted by Crippen LogP contribution is 2.11. The molecule has 0 unspecified atom stereocenters. The Morgan fingerprint density at radius 3 is 1.94 bits per heavy atom. The standard InChI is InChI=1S/C16H26/c1-6-9-15(4)12-8-13-16(5)11-7-10-14(2)3/h2,11-12H,1,6-10,13H2,3-5H3. The summed E-state index contributed by atoms with van der Waals surface area (Å²) in [6.45, 7) is 15.9. The lowest BCUT2D eigenvalue weighted by Gasteiger charge is -2.01. The van der Waals surface area contributed by atoms with Gasteiger partial charge in [-0.1, -0.05) is 42.4 Å². The molecule has 0 fully saturated rings. The fourth-order valence-electron chi connectivity index (χ4n) is 1.58. The quantitative estimate of drug-likeness (QED) is 0.476. The summed E-state index contributed by atoms with van der Waals surface area (Å²) in [5, 5.41) is 0. The van der Waals surface area contributed by atoms with Crippen LogP contribution in [0.25, 0.3) is 0 Å². The summed E-state index contributed by atoms with van der Waals surface area (Å²) in [6, 6.07) is 0. The van der Waals surface area contributed by atoms with Crippen LogP contribution in [0.4, 0.5) is 0 Å². The number of hydrogen-bond acceptors (Lipinski definition) is 0. The maximum Gasteiger partial charge on any atom is -0.0285 e. The Labute approximate surface area is 102 Å². The monoisotopic (exact) mass is 218 g/mol. The first kappa shape index (κ1) is 15.2. The van der Waals surface area contributed by atoms with Gasteiger partial charge in [0.2, 0.25) is 0 Å². The second kappa shape index (κ2) is 9.45. The normalized spacial score (nSPS) is 13.0. The number of rotatable bonds is 8. The number of allylic oxidation sites excluding steroid dienone is 5. The first-order valence-corrected chi connectivity index (χ1v) is 6.24. The molecule has 0 aliphatic rings. The molecule has 0 heterocycles. The molecule has 0 bridgehead atoms. The van der Waals surface area contributed by atoms with Crippen LogP contribution >= 0.6 is 0 Å². The highest BCUT2D eigenvalue weighted by atomic mass is 14.0. The third-order valence-corrected chi connectivity index (χ3v) is 2.63. The van der Waals surface area contributed by atoms with Gasteiger partial charge in [-0.2, -0.15) is 0 Å². The van der Waals surface area contributed by atoms with Gasteiger partial charge >= 0.3 is 0 Å². The molecule has 0 aromatic rings. The van der Waals surface area contributed by atoms with Crippen molar-refractivity contribution in [2.75, 3.05) is 0 Å². The minimum atomic E-state index is 1.00. The third-order valence-electron chi connectivity index (χ3n) is 2.63. The first-order valence-electron chi connectivity index (χ1n) is 6.24. The zero-order chi connectivity index (χ0) is 12.4. The van der Waals surface area contributed by atoms with Crippen molar-refractivity contribution in [3.05, 3.63) is 42.4 Å². The van der Waals surface area contributed by atoms with Crippen molar-refractivity contribution in [1.82, 2.24) is 0 Å². The molecule has 0 aromatic heterocycles. The second-order valence-corrected chi connectivity index (χ2v) is 4.63. The van der Waals surface area contributed by atoms with E-state index in [1.54, 1.807) is 0 Å². The van der Waals surface area contributed by atoms with Gasteiger partial charge in [0.25, 0.3) is 0 Å². The lowest BCUT2D eigenvalue weighted by atomic mass is 10.1. The van der Waals surface area contributed by atoms with Crippen LogP contribution in [0.2, 0.25) is 0 Å². The SMILES string of the molecule is [CH]=C(C)CCC=C(C)CCC=C(C)CC[CH2]. The Balaban J connectivity index is 3.75. The van der Waals surface area contributed by atoms with E-state index in [-0.39, 0.29) is 0 Å². The molecule has 0 N–H and O–H groups in total. The van der Waals surface area contributed by atoms with E-state index in [1.165, 1.54) is 11.1 Å². The molecule has 0 heteroatoms. The van der Waals surface area contributed by atoms with Crippen LogP contribution in [-0.2, 0) is 0 Å². The summed E-state index contributed by atoms with van der Waals surface area (Å²) in [5.41, 5.74) is 3.96. The van der Waals surface area contributed by atoms with Crippen molar-refractivity contribution in [3.8, 4) is 0 Å². The summed E-state index contributed by atoms with van der Waals surface area (Å²) in [6.07, 6.45) is 11.2. The van der Waals surface area contributed by atoms with Gasteiger partial charge in [-0.25, -0.2) is 0 Å². The largest absolute Gasteiger partial charge is 0.0853 e. The van der Waals surface area contributed by atoms with Gasteiger partial charge in [0.1, 0.15) is 0 Å². The van der Waals surface area contributed by atoms with Gasteiger partial charge < -0.3 is 0 Å². The molecule has 0 rings (SSSR count). The van der Waals surface area contributed by atoms with Crippen molar-refractivity contribution in [3.63, 3.8) is 0 Å². The molecular weight excluding hydrogens is 192 g/mol. The third kappa shape index (κ3) is 9.76. The average molecular weight is 218 g/mol. The fraction of sp³-hybridized carbons (Fsp3) is 0.562. The molecule has 90 valence electrons. The Kier molecular flexibility index (Phi) is 8.99. The van der Waals surface area contributed by atoms with Crippen molar-refractivity contribution in [2.24, 2.45) is 0 Å². The highest BCUT2D eigenvalue weighted by Gasteiger charge is 1.91. The van der Waals surface area contributed by atoms with Crippen molar-refractivity contribution < 1.29 is 0 Å². The van der Waals surface area contributed by atoms with Crippen LogP contribution in [-0.4, -0.2) is 0 Å². The molecular formula is C16H26. The first-order chi connectivity index (χ1) is 7.56. The van der Waals surface area contributed by atoms with Crippen molar-refractivity contribution in [2.45, 2.75) is 59.3 Å². The highest BCUT2D eigenvalue weighted by molar-refractivity contribution is 5.04. The average Bonchev–Trinajstić information content (AvgIpc) is 2.17. The van der Waals surface area contributed by atoms with E-state index in [0.717, 1.165) is 44.1 Å².